The van der Waals surface area contributed by atoms with Crippen LogP contribution in [0.2, 0.25) is 5.02 Å². The Balaban J connectivity index is 1.66. The number of H-pyrrole nitrogens is 1. The highest BCUT2D eigenvalue weighted by Crippen LogP contribution is 2.32. The fraction of sp³-hybridized carbons (Fsp3) is 0.353. The summed E-state index contributed by atoms with van der Waals surface area (Å²) in [6.07, 6.45) is -3.13. The third-order valence-corrected chi connectivity index (χ3v) is 4.76. The van der Waals surface area contributed by atoms with Gasteiger partial charge in [-0.2, -0.15) is 18.3 Å². The lowest BCUT2D eigenvalue weighted by molar-refractivity contribution is -0.137. The summed E-state index contributed by atoms with van der Waals surface area (Å²) in [4.78, 5) is 27.6. The van der Waals surface area contributed by atoms with Crippen molar-refractivity contribution < 1.29 is 18.0 Å². The number of benzene rings is 1. The van der Waals surface area contributed by atoms with Crippen molar-refractivity contribution in [2.45, 2.75) is 6.18 Å². The van der Waals surface area contributed by atoms with Crippen molar-refractivity contribution in [1.82, 2.24) is 15.1 Å². The average Bonchev–Trinajstić information content (AvgIpc) is 2.64. The monoisotopic (exact) mass is 400 g/mol. The molecule has 0 radical (unpaired) electrons. The van der Waals surface area contributed by atoms with Gasteiger partial charge >= 0.3 is 6.18 Å². The van der Waals surface area contributed by atoms with Gasteiger partial charge in [-0.25, -0.2) is 5.10 Å². The molecule has 6 nitrogen and oxygen atoms in total. The first kappa shape index (κ1) is 19.4. The third-order valence-electron chi connectivity index (χ3n) is 4.39. The molecule has 0 unspecified atom stereocenters. The molecule has 0 saturated carbocycles. The first-order chi connectivity index (χ1) is 12.8. The van der Waals surface area contributed by atoms with Gasteiger partial charge in [0.1, 0.15) is 5.02 Å². The smallest absolute Gasteiger partial charge is 0.366 e. The Morgan fingerprint density at radius 3 is 2.52 bits per heavy atom. The number of aromatic nitrogens is 2. The van der Waals surface area contributed by atoms with Crippen LogP contribution in [-0.4, -0.2) is 53.6 Å². The summed E-state index contributed by atoms with van der Waals surface area (Å²) < 4.78 is 39.2. The number of halogens is 4. The molecule has 1 aliphatic heterocycles. The summed E-state index contributed by atoms with van der Waals surface area (Å²) >= 11 is 5.99. The van der Waals surface area contributed by atoms with Gasteiger partial charge in [-0.05, 0) is 6.07 Å². The molecule has 2 heterocycles. The summed E-state index contributed by atoms with van der Waals surface area (Å²) in [5.74, 6) is -0.577. The molecule has 144 valence electrons. The van der Waals surface area contributed by atoms with Crippen molar-refractivity contribution in [3.63, 3.8) is 0 Å². The molecule has 3 rings (SSSR count). The highest BCUT2D eigenvalue weighted by molar-refractivity contribution is 6.33. The lowest BCUT2D eigenvalue weighted by Gasteiger charge is -2.35. The first-order valence-corrected chi connectivity index (χ1v) is 8.55. The Bertz CT molecular complexity index is 892. The zero-order valence-electron chi connectivity index (χ0n) is 14.1. The number of hydrogen-bond acceptors (Lipinski definition) is 5. The zero-order chi connectivity index (χ0) is 19.6. The van der Waals surface area contributed by atoms with Crippen LogP contribution < -0.4 is 10.5 Å². The lowest BCUT2D eigenvalue weighted by Crippen LogP contribution is -2.48. The van der Waals surface area contributed by atoms with E-state index in [9.17, 15) is 22.8 Å². The van der Waals surface area contributed by atoms with Crippen molar-refractivity contribution in [2.75, 3.05) is 37.6 Å². The van der Waals surface area contributed by atoms with Crippen LogP contribution in [0.3, 0.4) is 0 Å². The van der Waals surface area contributed by atoms with E-state index in [0.717, 1.165) is 6.07 Å². The molecule has 1 fully saturated rings. The van der Waals surface area contributed by atoms with E-state index in [0.29, 0.717) is 31.9 Å². The standard InChI is InChI=1S/C17H16ClF3N4O2/c18-15-13(9-22-23-16(15)27)25-7-5-24(6-8-25)10-14(26)11-3-1-2-4-12(11)17(19,20)21/h1-4,9H,5-8,10H2,(H,23,27). The molecule has 1 aromatic heterocycles. The zero-order valence-corrected chi connectivity index (χ0v) is 14.8. The maximum atomic E-state index is 13.1. The van der Waals surface area contributed by atoms with Crippen molar-refractivity contribution >= 4 is 23.1 Å². The number of piperazine rings is 1. The molecule has 1 aliphatic rings. The highest BCUT2D eigenvalue weighted by Gasteiger charge is 2.35. The number of nitrogens with zero attached hydrogens (tertiary/aromatic N) is 3. The molecule has 1 saturated heterocycles. The predicted molar refractivity (Wildman–Crippen MR) is 94.3 cm³/mol. The maximum Gasteiger partial charge on any atom is 0.417 e. The Hall–Kier alpha value is -2.39. The molecule has 0 amide bonds. The van der Waals surface area contributed by atoms with E-state index in [1.165, 1.54) is 24.4 Å². The minimum atomic E-state index is -4.57. The van der Waals surface area contributed by atoms with Gasteiger partial charge in [0.15, 0.2) is 5.78 Å². The molecule has 0 spiro atoms. The number of ketones is 1. The van der Waals surface area contributed by atoms with E-state index < -0.39 is 23.1 Å². The Kier molecular flexibility index (Phi) is 5.52. The fourth-order valence-corrected chi connectivity index (χ4v) is 3.21. The van der Waals surface area contributed by atoms with E-state index in [1.807, 2.05) is 4.90 Å². The maximum absolute atomic E-state index is 13.1. The van der Waals surface area contributed by atoms with Crippen LogP contribution in [0.5, 0.6) is 0 Å². The second-order valence-electron chi connectivity index (χ2n) is 6.13. The second kappa shape index (κ2) is 7.69. The number of Topliss-reactive ketones (excluding diaryl/α,β-unsaturated/α-hetero) is 1. The first-order valence-electron chi connectivity index (χ1n) is 8.17. The van der Waals surface area contributed by atoms with Crippen molar-refractivity contribution in [3.8, 4) is 0 Å². The molecule has 0 atom stereocenters. The SMILES string of the molecule is O=C(CN1CCN(c2cn[nH]c(=O)c2Cl)CC1)c1ccccc1C(F)(F)F. The largest absolute Gasteiger partial charge is 0.417 e. The summed E-state index contributed by atoms with van der Waals surface area (Å²) in [6, 6.07) is 4.79. The van der Waals surface area contributed by atoms with Gasteiger partial charge in [0.2, 0.25) is 0 Å². The molecular weight excluding hydrogens is 385 g/mol. The number of alkyl halides is 3. The lowest BCUT2D eigenvalue weighted by atomic mass is 10.0. The number of carbonyl (C=O) groups excluding carboxylic acids is 1. The van der Waals surface area contributed by atoms with Crippen LogP contribution >= 0.6 is 11.6 Å². The number of aromatic amines is 1. The van der Waals surface area contributed by atoms with Crippen molar-refractivity contribution in [2.24, 2.45) is 0 Å². The van der Waals surface area contributed by atoms with Gasteiger partial charge in [-0.1, -0.05) is 29.8 Å². The molecule has 1 aromatic carbocycles. The average molecular weight is 401 g/mol. The van der Waals surface area contributed by atoms with Crippen molar-refractivity contribution in [1.29, 1.82) is 0 Å². The van der Waals surface area contributed by atoms with Gasteiger partial charge in [-0.15, -0.1) is 0 Å². The van der Waals surface area contributed by atoms with Crippen LogP contribution in [0.25, 0.3) is 0 Å². The molecule has 10 heteroatoms. The number of hydrogen-bond donors (Lipinski definition) is 1. The summed E-state index contributed by atoms with van der Waals surface area (Å²) in [6.45, 7) is 1.73. The van der Waals surface area contributed by atoms with Crippen LogP contribution in [0.1, 0.15) is 15.9 Å². The van der Waals surface area contributed by atoms with E-state index in [-0.39, 0.29) is 17.1 Å². The molecule has 0 bridgehead atoms. The molecule has 0 aliphatic carbocycles. The summed E-state index contributed by atoms with van der Waals surface area (Å²) in [5.41, 5.74) is -1.24. The summed E-state index contributed by atoms with van der Waals surface area (Å²) in [7, 11) is 0. The minimum absolute atomic E-state index is 0.0358. The fourth-order valence-electron chi connectivity index (χ4n) is 3.00. The topological polar surface area (TPSA) is 69.3 Å². The van der Waals surface area contributed by atoms with Crippen LogP contribution in [0, 0.1) is 0 Å². The Morgan fingerprint density at radius 1 is 1.19 bits per heavy atom. The van der Waals surface area contributed by atoms with E-state index in [2.05, 4.69) is 10.2 Å². The number of nitrogens with one attached hydrogen (secondary N) is 1. The highest BCUT2D eigenvalue weighted by atomic mass is 35.5. The van der Waals surface area contributed by atoms with Gasteiger partial charge in [-0.3, -0.25) is 14.5 Å². The van der Waals surface area contributed by atoms with E-state index >= 15 is 0 Å². The molecule has 2 aromatic rings. The molecule has 27 heavy (non-hydrogen) atoms. The predicted octanol–water partition coefficient (Wildman–Crippen LogP) is 2.45. The normalized spacial score (nSPS) is 15.8. The van der Waals surface area contributed by atoms with Crippen LogP contribution in [0.15, 0.2) is 35.3 Å². The number of anilines is 1. The molecule has 1 N–H and O–H groups in total. The minimum Gasteiger partial charge on any atom is -0.366 e. The van der Waals surface area contributed by atoms with Crippen LogP contribution in [0.4, 0.5) is 18.9 Å². The quantitative estimate of drug-likeness (QED) is 0.798. The summed E-state index contributed by atoms with van der Waals surface area (Å²) in [5, 5.41) is 6.00. The van der Waals surface area contributed by atoms with E-state index in [1.54, 1.807) is 4.90 Å². The number of carbonyl (C=O) groups is 1. The third kappa shape index (κ3) is 4.30. The Labute approximate surface area is 157 Å². The van der Waals surface area contributed by atoms with Crippen LogP contribution in [-0.2, 0) is 6.18 Å². The van der Waals surface area contributed by atoms with E-state index in [4.69, 9.17) is 11.6 Å². The molecular formula is C17H16ClF3N4O2. The van der Waals surface area contributed by atoms with Crippen molar-refractivity contribution in [3.05, 3.63) is 57.0 Å². The van der Waals surface area contributed by atoms with Gasteiger partial charge in [0, 0.05) is 31.7 Å². The van der Waals surface area contributed by atoms with Gasteiger partial charge in [0.05, 0.1) is 24.0 Å². The Morgan fingerprint density at radius 2 is 1.85 bits per heavy atom. The van der Waals surface area contributed by atoms with Gasteiger partial charge < -0.3 is 4.90 Å². The van der Waals surface area contributed by atoms with Gasteiger partial charge in [0.25, 0.3) is 5.56 Å². The number of rotatable bonds is 4. The second-order valence-corrected chi connectivity index (χ2v) is 6.51.